The van der Waals surface area contributed by atoms with E-state index in [9.17, 15) is 13.2 Å². The Kier molecular flexibility index (Phi) is 8.60. The summed E-state index contributed by atoms with van der Waals surface area (Å²) in [5.41, 5.74) is 0. The molecule has 1 N–H and O–H groups in total. The summed E-state index contributed by atoms with van der Waals surface area (Å²) >= 11 is 7.38. The van der Waals surface area contributed by atoms with Gasteiger partial charge in [-0.2, -0.15) is 13.2 Å². The van der Waals surface area contributed by atoms with Gasteiger partial charge in [0, 0.05) is 0 Å². The molecule has 0 aliphatic rings. The second-order valence-electron chi connectivity index (χ2n) is 0.846. The van der Waals surface area contributed by atoms with Gasteiger partial charge in [0.1, 0.15) is 0 Å². The minimum atomic E-state index is -5.08. The molecule has 10 heavy (non-hydrogen) atoms. The van der Waals surface area contributed by atoms with Crippen molar-refractivity contribution in [3.05, 3.63) is 0 Å². The number of carbonyl (C=O) groups is 1. The Morgan fingerprint density at radius 3 is 1.50 bits per heavy atom. The Balaban J connectivity index is 0. The average molecular weight is 337 g/mol. The molecule has 0 heterocycles. The van der Waals surface area contributed by atoms with E-state index < -0.39 is 12.1 Å². The van der Waals surface area contributed by atoms with Gasteiger partial charge in [0.15, 0.2) is 0 Å². The van der Waals surface area contributed by atoms with Gasteiger partial charge in [0.2, 0.25) is 0 Å². The molecule has 0 spiro atoms. The molecular weight excluding hydrogens is 336 g/mol. The third kappa shape index (κ3) is 11.5. The number of halogens is 5. The summed E-state index contributed by atoms with van der Waals surface area (Å²) in [7, 11) is 0. The van der Waals surface area contributed by atoms with Crippen LogP contribution in [0.15, 0.2) is 0 Å². The first-order valence-corrected chi connectivity index (χ1v) is 6.13. The van der Waals surface area contributed by atoms with E-state index in [1.165, 1.54) is 11.3 Å². The third-order valence-electron chi connectivity index (χ3n) is 0.243. The molecule has 0 atom stereocenters. The number of aliphatic carboxylic acids is 1. The predicted octanol–water partition coefficient (Wildman–Crippen LogP) is 2.32. The van der Waals surface area contributed by atoms with Crippen LogP contribution in [0.25, 0.3) is 0 Å². The van der Waals surface area contributed by atoms with Gasteiger partial charge in [-0.3, -0.25) is 0 Å². The molecule has 0 rings (SSSR count). The van der Waals surface area contributed by atoms with Gasteiger partial charge in [-0.05, 0) is 0 Å². The van der Waals surface area contributed by atoms with Crippen LogP contribution in [0.4, 0.5) is 13.2 Å². The summed E-state index contributed by atoms with van der Waals surface area (Å²) in [6.45, 7) is 0. The van der Waals surface area contributed by atoms with E-state index >= 15 is 0 Å². The van der Waals surface area contributed by atoms with E-state index in [-0.39, 0.29) is 0 Å². The number of carboxylic acids is 1. The average Bonchev–Trinajstić information content (AvgIpc) is 1.64. The summed E-state index contributed by atoms with van der Waals surface area (Å²) in [6.07, 6.45) is -5.08. The van der Waals surface area contributed by atoms with E-state index in [0.717, 1.165) is 0 Å². The van der Waals surface area contributed by atoms with Gasteiger partial charge < -0.3 is 5.11 Å². The molecule has 0 unspecified atom stereocenters. The van der Waals surface area contributed by atoms with Gasteiger partial charge in [-0.25, -0.2) is 4.79 Å². The first kappa shape index (κ1) is 13.3. The molecule has 0 aliphatic carbocycles. The van der Waals surface area contributed by atoms with E-state index in [0.29, 0.717) is 0 Å². The maximum absolute atomic E-state index is 10.6. The summed E-state index contributed by atoms with van der Waals surface area (Å²) in [5, 5.41) is 7.12. The Morgan fingerprint density at radius 2 is 1.50 bits per heavy atom. The van der Waals surface area contributed by atoms with Gasteiger partial charge in [-0.15, -0.1) is 0 Å². The normalized spacial score (nSPS) is 10.1. The number of hydrogen-bond donors (Lipinski definition) is 1. The second kappa shape index (κ2) is 6.45. The molecule has 0 aromatic heterocycles. The van der Waals surface area contributed by atoms with Crippen LogP contribution in [0.2, 0.25) is 0 Å². The molecular formula is C2HBr2CuF3O2. The molecule has 0 aliphatic heterocycles. The monoisotopic (exact) mass is 335 g/mol. The van der Waals surface area contributed by atoms with Gasteiger partial charge in [0.05, 0.1) is 0 Å². The van der Waals surface area contributed by atoms with Crippen molar-refractivity contribution < 1.29 is 34.4 Å². The molecule has 0 fully saturated rings. The van der Waals surface area contributed by atoms with Crippen LogP contribution in [0, 0.1) is 0 Å². The van der Waals surface area contributed by atoms with Gasteiger partial charge in [-0.1, -0.05) is 0 Å². The maximum atomic E-state index is 10.6. The second-order valence-corrected chi connectivity index (χ2v) is 5.60. The summed E-state index contributed by atoms with van der Waals surface area (Å²) in [4.78, 5) is 8.90. The topological polar surface area (TPSA) is 37.3 Å². The van der Waals surface area contributed by atoms with Crippen LogP contribution in [-0.2, 0) is 16.1 Å². The fraction of sp³-hybridized carbons (Fsp3) is 0.500. The van der Waals surface area contributed by atoms with E-state index in [1.54, 1.807) is 0 Å². The Hall–Kier alpha value is 0.739. The van der Waals surface area contributed by atoms with Crippen molar-refractivity contribution in [3.8, 4) is 0 Å². The zero-order chi connectivity index (χ0) is 8.78. The zero-order valence-electron chi connectivity index (χ0n) is 4.05. The standard InChI is InChI=1S/C2HF3O2.2BrH.Cu/c3-2(4,5)1(6)7;;;/h(H,6,7);2*1H;/q;;;+2/p-2. The van der Waals surface area contributed by atoms with Crippen molar-refractivity contribution in [2.24, 2.45) is 0 Å². The molecule has 0 amide bonds. The molecule has 8 heteroatoms. The van der Waals surface area contributed by atoms with Crippen molar-refractivity contribution >= 4 is 34.2 Å². The van der Waals surface area contributed by atoms with E-state index in [4.69, 9.17) is 9.90 Å². The van der Waals surface area contributed by atoms with Crippen LogP contribution in [-0.4, -0.2) is 17.3 Å². The minimum absolute atomic E-state index is 1.44. The Bertz CT molecular complexity index is 105. The van der Waals surface area contributed by atoms with Crippen molar-refractivity contribution in [2.75, 3.05) is 0 Å². The molecule has 0 bridgehead atoms. The van der Waals surface area contributed by atoms with E-state index in [2.05, 4.69) is 28.2 Å². The molecule has 0 aromatic carbocycles. The first-order chi connectivity index (χ1) is 4.36. The predicted molar refractivity (Wildman–Crippen MR) is 31.5 cm³/mol. The van der Waals surface area contributed by atoms with Crippen LogP contribution < -0.4 is 0 Å². The van der Waals surface area contributed by atoms with Gasteiger partial charge >= 0.3 is 51.7 Å². The summed E-state index contributed by atoms with van der Waals surface area (Å²) < 4.78 is 31.7. The number of rotatable bonds is 0. The Morgan fingerprint density at radius 1 is 1.40 bits per heavy atom. The number of alkyl halides is 3. The number of carboxylic acid groups (broad SMARTS) is 1. The fourth-order valence-electron chi connectivity index (χ4n) is 0. The van der Waals surface area contributed by atoms with Crippen molar-refractivity contribution in [3.63, 3.8) is 0 Å². The quantitative estimate of drug-likeness (QED) is 0.689. The molecule has 0 aromatic rings. The van der Waals surface area contributed by atoms with Gasteiger partial charge in [0.25, 0.3) is 0 Å². The Labute approximate surface area is 74.7 Å². The molecule has 0 radical (unpaired) electrons. The van der Waals surface area contributed by atoms with Crippen LogP contribution in [0.5, 0.6) is 0 Å². The molecule has 0 saturated heterocycles. The molecule has 2 nitrogen and oxygen atoms in total. The molecule has 0 saturated carbocycles. The SMILES string of the molecule is O=C(O)C(F)(F)F.[Br][Cu][Br]. The van der Waals surface area contributed by atoms with Crippen molar-refractivity contribution in [1.29, 1.82) is 0 Å². The van der Waals surface area contributed by atoms with Crippen molar-refractivity contribution in [1.82, 2.24) is 0 Å². The van der Waals surface area contributed by atoms with Crippen LogP contribution in [0.1, 0.15) is 0 Å². The van der Waals surface area contributed by atoms with Crippen LogP contribution in [0.3, 0.4) is 0 Å². The summed E-state index contributed by atoms with van der Waals surface area (Å²) in [5.74, 6) is -2.76. The zero-order valence-corrected chi connectivity index (χ0v) is 8.16. The molecule has 67 valence electrons. The fourth-order valence-corrected chi connectivity index (χ4v) is 0. The van der Waals surface area contributed by atoms with Crippen molar-refractivity contribution in [2.45, 2.75) is 6.18 Å². The van der Waals surface area contributed by atoms with Crippen LogP contribution >= 0.6 is 28.2 Å². The first-order valence-electron chi connectivity index (χ1n) is 1.47. The van der Waals surface area contributed by atoms with E-state index in [1.807, 2.05) is 0 Å². The number of hydrogen-bond acceptors (Lipinski definition) is 1. The third-order valence-corrected chi connectivity index (χ3v) is 0.243. The summed E-state index contributed by atoms with van der Waals surface area (Å²) in [6, 6.07) is 0.